The second-order valence-corrected chi connectivity index (χ2v) is 6.97. The van der Waals surface area contributed by atoms with Gasteiger partial charge < -0.3 is 4.74 Å². The summed E-state index contributed by atoms with van der Waals surface area (Å²) in [4.78, 5) is 0.238. The molecule has 2 heteroatoms. The van der Waals surface area contributed by atoms with Crippen LogP contribution in [0.1, 0.15) is 49.3 Å². The van der Waals surface area contributed by atoms with E-state index in [0.717, 1.165) is 13.2 Å². The van der Waals surface area contributed by atoms with Gasteiger partial charge in [0.1, 0.15) is 0 Å². The molecule has 3 rings (SSSR count). The summed E-state index contributed by atoms with van der Waals surface area (Å²) in [6.45, 7) is 10.3. The van der Waals surface area contributed by atoms with Gasteiger partial charge in [0.25, 0.3) is 0 Å². The third kappa shape index (κ3) is 2.56. The Morgan fingerprint density at radius 1 is 0.905 bits per heavy atom. The van der Waals surface area contributed by atoms with Crippen LogP contribution in [-0.2, 0) is 18.0 Å². The third-order valence-electron chi connectivity index (χ3n) is 4.72. The first kappa shape index (κ1) is 14.8. The molecule has 0 N–H and O–H groups in total. The van der Waals surface area contributed by atoms with Crippen molar-refractivity contribution in [2.45, 2.75) is 45.7 Å². The Bertz CT molecular complexity index is 677. The summed E-state index contributed by atoms with van der Waals surface area (Å²) in [6, 6.07) is 9.01. The van der Waals surface area contributed by atoms with Crippen molar-refractivity contribution in [3.05, 3.63) is 68.8 Å². The average molecular weight is 345 g/mol. The van der Waals surface area contributed by atoms with Crippen molar-refractivity contribution in [1.29, 1.82) is 0 Å². The van der Waals surface area contributed by atoms with E-state index in [2.05, 4.69) is 67.9 Å². The molecule has 1 aliphatic rings. The Morgan fingerprint density at radius 2 is 1.52 bits per heavy atom. The van der Waals surface area contributed by atoms with Crippen LogP contribution < -0.4 is 0 Å². The number of hydrogen-bond acceptors (Lipinski definition) is 1. The Labute approximate surface area is 135 Å². The first-order chi connectivity index (χ1) is 9.99. The van der Waals surface area contributed by atoms with Crippen molar-refractivity contribution < 1.29 is 4.74 Å². The highest BCUT2D eigenvalue weighted by molar-refractivity contribution is 9.09. The lowest BCUT2D eigenvalue weighted by Crippen LogP contribution is -2.03. The van der Waals surface area contributed by atoms with Gasteiger partial charge in [-0.05, 0) is 72.2 Å². The van der Waals surface area contributed by atoms with Crippen molar-refractivity contribution in [1.82, 2.24) is 0 Å². The summed E-state index contributed by atoms with van der Waals surface area (Å²) in [7, 11) is 0. The van der Waals surface area contributed by atoms with Crippen LogP contribution in [0.2, 0.25) is 0 Å². The molecule has 0 aliphatic carbocycles. The molecule has 0 saturated heterocycles. The van der Waals surface area contributed by atoms with Gasteiger partial charge in [-0.3, -0.25) is 0 Å². The van der Waals surface area contributed by atoms with E-state index in [1.54, 1.807) is 0 Å². The second-order valence-electron chi connectivity index (χ2n) is 6.06. The molecule has 2 aromatic carbocycles. The van der Waals surface area contributed by atoms with E-state index >= 15 is 0 Å². The van der Waals surface area contributed by atoms with Gasteiger partial charge in [0.2, 0.25) is 0 Å². The maximum atomic E-state index is 5.53. The molecule has 1 nitrogen and oxygen atoms in total. The largest absolute Gasteiger partial charge is 0.372 e. The SMILES string of the molecule is Cc1cc(C)c(C)c(C(Br)c2ccc3c(c2)COC3)c1C. The van der Waals surface area contributed by atoms with Crippen molar-refractivity contribution >= 4 is 15.9 Å². The van der Waals surface area contributed by atoms with E-state index in [0.29, 0.717) is 0 Å². The fourth-order valence-corrected chi connectivity index (χ4v) is 4.12. The zero-order chi connectivity index (χ0) is 15.1. The molecule has 110 valence electrons. The van der Waals surface area contributed by atoms with Gasteiger partial charge >= 0.3 is 0 Å². The van der Waals surface area contributed by atoms with E-state index in [9.17, 15) is 0 Å². The van der Waals surface area contributed by atoms with Crippen molar-refractivity contribution in [3.8, 4) is 0 Å². The summed E-state index contributed by atoms with van der Waals surface area (Å²) in [5.41, 5.74) is 10.9. The normalized spacial score (nSPS) is 15.1. The van der Waals surface area contributed by atoms with Crippen molar-refractivity contribution in [2.75, 3.05) is 0 Å². The molecule has 0 spiro atoms. The summed E-state index contributed by atoms with van der Waals surface area (Å²) in [6.07, 6.45) is 0. The highest BCUT2D eigenvalue weighted by Crippen LogP contribution is 2.38. The minimum atomic E-state index is 0.238. The van der Waals surface area contributed by atoms with Gasteiger partial charge in [0, 0.05) is 0 Å². The fourth-order valence-electron chi connectivity index (χ4n) is 3.14. The molecular formula is C19H21BrO. The Hall–Kier alpha value is -1.12. The lowest BCUT2D eigenvalue weighted by atomic mass is 9.89. The Balaban J connectivity index is 2.09. The minimum absolute atomic E-state index is 0.238. The van der Waals surface area contributed by atoms with Crippen LogP contribution in [0.25, 0.3) is 0 Å². The first-order valence-corrected chi connectivity index (χ1v) is 8.31. The monoisotopic (exact) mass is 344 g/mol. The maximum Gasteiger partial charge on any atom is 0.0725 e. The van der Waals surface area contributed by atoms with E-state index in [-0.39, 0.29) is 4.83 Å². The highest BCUT2D eigenvalue weighted by Gasteiger charge is 2.20. The Morgan fingerprint density at radius 3 is 2.19 bits per heavy atom. The maximum absolute atomic E-state index is 5.53. The molecule has 0 saturated carbocycles. The molecule has 2 aromatic rings. The molecule has 21 heavy (non-hydrogen) atoms. The van der Waals surface area contributed by atoms with Gasteiger partial charge in [-0.25, -0.2) is 0 Å². The first-order valence-electron chi connectivity index (χ1n) is 7.40. The van der Waals surface area contributed by atoms with Gasteiger partial charge in [-0.2, -0.15) is 0 Å². The number of fused-ring (bicyclic) bond motifs is 1. The smallest absolute Gasteiger partial charge is 0.0725 e. The predicted molar refractivity (Wildman–Crippen MR) is 91.1 cm³/mol. The summed E-state index contributed by atoms with van der Waals surface area (Å²) in [5.74, 6) is 0. The van der Waals surface area contributed by atoms with Crippen molar-refractivity contribution in [3.63, 3.8) is 0 Å². The molecular weight excluding hydrogens is 324 g/mol. The molecule has 0 amide bonds. The second kappa shape index (κ2) is 5.58. The van der Waals surface area contributed by atoms with E-state index < -0.39 is 0 Å². The van der Waals surface area contributed by atoms with Gasteiger partial charge in [-0.1, -0.05) is 40.2 Å². The van der Waals surface area contributed by atoms with Crippen LogP contribution in [0.4, 0.5) is 0 Å². The van der Waals surface area contributed by atoms with Gasteiger partial charge in [0.15, 0.2) is 0 Å². The van der Waals surface area contributed by atoms with Gasteiger partial charge in [0.05, 0.1) is 18.0 Å². The number of ether oxygens (including phenoxy) is 1. The van der Waals surface area contributed by atoms with E-state index in [4.69, 9.17) is 4.74 Å². The third-order valence-corrected chi connectivity index (χ3v) is 5.70. The molecule has 1 heterocycles. The molecule has 1 atom stereocenters. The summed E-state index contributed by atoms with van der Waals surface area (Å²) < 4.78 is 5.53. The zero-order valence-electron chi connectivity index (χ0n) is 13.1. The fraction of sp³-hybridized carbons (Fsp3) is 0.368. The minimum Gasteiger partial charge on any atom is -0.372 e. The lowest BCUT2D eigenvalue weighted by molar-refractivity contribution is 0.134. The Kier molecular flexibility index (Phi) is 3.94. The topological polar surface area (TPSA) is 9.23 Å². The van der Waals surface area contributed by atoms with Crippen LogP contribution in [-0.4, -0.2) is 0 Å². The predicted octanol–water partition coefficient (Wildman–Crippen LogP) is 5.43. The number of halogens is 1. The van der Waals surface area contributed by atoms with Gasteiger partial charge in [-0.15, -0.1) is 0 Å². The number of aryl methyl sites for hydroxylation is 2. The molecule has 1 aliphatic heterocycles. The molecule has 0 radical (unpaired) electrons. The van der Waals surface area contributed by atoms with E-state index in [1.807, 2.05) is 0 Å². The standard InChI is InChI=1S/C19H21BrO/c1-11-7-12(2)14(4)18(13(11)3)19(20)15-5-6-16-9-21-10-17(16)8-15/h5-8,19H,9-10H2,1-4H3. The lowest BCUT2D eigenvalue weighted by Gasteiger charge is -2.21. The van der Waals surface area contributed by atoms with E-state index in [1.165, 1.54) is 44.5 Å². The molecule has 1 unspecified atom stereocenters. The number of hydrogen-bond donors (Lipinski definition) is 0. The number of rotatable bonds is 2. The van der Waals surface area contributed by atoms with Crippen LogP contribution in [0, 0.1) is 27.7 Å². The summed E-state index contributed by atoms with van der Waals surface area (Å²) in [5, 5.41) is 0. The number of benzene rings is 2. The molecule has 0 bridgehead atoms. The average Bonchev–Trinajstić information content (AvgIpc) is 2.92. The van der Waals surface area contributed by atoms with Crippen LogP contribution in [0.15, 0.2) is 24.3 Å². The highest BCUT2D eigenvalue weighted by atomic mass is 79.9. The number of alkyl halides is 1. The van der Waals surface area contributed by atoms with Crippen LogP contribution in [0.3, 0.4) is 0 Å². The summed E-state index contributed by atoms with van der Waals surface area (Å²) >= 11 is 3.93. The molecule has 0 fully saturated rings. The van der Waals surface area contributed by atoms with Crippen LogP contribution >= 0.6 is 15.9 Å². The van der Waals surface area contributed by atoms with Crippen molar-refractivity contribution in [2.24, 2.45) is 0 Å². The quantitative estimate of drug-likeness (QED) is 0.659. The zero-order valence-corrected chi connectivity index (χ0v) is 14.7. The van der Waals surface area contributed by atoms with Crippen LogP contribution in [0.5, 0.6) is 0 Å². The molecule has 0 aromatic heterocycles.